The molecule has 0 aromatic rings. The predicted octanol–water partition coefficient (Wildman–Crippen LogP) is -3.87. The highest BCUT2D eigenvalue weighted by molar-refractivity contribution is 7.98. The number of carboxylic acid groups (broad SMARTS) is 2. The first-order valence-corrected chi connectivity index (χ1v) is 11.6. The summed E-state index contributed by atoms with van der Waals surface area (Å²) in [5.74, 6) is -5.23. The van der Waals surface area contributed by atoms with Gasteiger partial charge >= 0.3 is 11.9 Å². The highest BCUT2D eigenvalue weighted by Gasteiger charge is 2.31. The third-order valence-electron chi connectivity index (χ3n) is 4.36. The van der Waals surface area contributed by atoms with Gasteiger partial charge in [0.1, 0.15) is 18.1 Å². The van der Waals surface area contributed by atoms with E-state index in [4.69, 9.17) is 32.5 Å². The van der Waals surface area contributed by atoms with Gasteiger partial charge in [0, 0.05) is 6.54 Å². The Labute approximate surface area is 200 Å². The largest absolute Gasteiger partial charge is 0.481 e. The fourth-order valence-corrected chi connectivity index (χ4v) is 3.03. The minimum atomic E-state index is -1.70. The number of guanidine groups is 1. The zero-order chi connectivity index (χ0) is 26.3. The Morgan fingerprint density at radius 3 is 1.97 bits per heavy atom. The molecule has 12 N–H and O–H groups in total. The third-order valence-corrected chi connectivity index (χ3v) is 5.00. The lowest BCUT2D eigenvalue weighted by Gasteiger charge is -2.24. The van der Waals surface area contributed by atoms with Crippen molar-refractivity contribution in [1.82, 2.24) is 16.0 Å². The fraction of sp³-hybridized carbons (Fsp3) is 0.667. The van der Waals surface area contributed by atoms with E-state index in [0.717, 1.165) is 0 Å². The van der Waals surface area contributed by atoms with Crippen molar-refractivity contribution in [2.45, 2.75) is 49.9 Å². The molecule has 0 saturated heterocycles. The van der Waals surface area contributed by atoms with Crippen molar-refractivity contribution in [3.63, 3.8) is 0 Å². The molecule has 4 atom stereocenters. The van der Waals surface area contributed by atoms with Gasteiger partial charge in [0.25, 0.3) is 0 Å². The summed E-state index contributed by atoms with van der Waals surface area (Å²) in [5, 5.41) is 33.7. The highest BCUT2D eigenvalue weighted by atomic mass is 32.2. The van der Waals surface area contributed by atoms with Crippen LogP contribution >= 0.6 is 11.8 Å². The number of aliphatic hydroxyl groups is 1. The minimum absolute atomic E-state index is 0.0272. The van der Waals surface area contributed by atoms with Gasteiger partial charge in [0.05, 0.1) is 19.1 Å². The van der Waals surface area contributed by atoms with Gasteiger partial charge in [-0.3, -0.25) is 24.2 Å². The van der Waals surface area contributed by atoms with E-state index in [-0.39, 0.29) is 25.3 Å². The van der Waals surface area contributed by atoms with E-state index >= 15 is 0 Å². The normalized spacial score (nSPS) is 14.1. The molecule has 0 bridgehead atoms. The molecule has 34 heavy (non-hydrogen) atoms. The van der Waals surface area contributed by atoms with Crippen molar-refractivity contribution in [3.05, 3.63) is 0 Å². The van der Waals surface area contributed by atoms with Gasteiger partial charge in [-0.1, -0.05) is 0 Å². The first kappa shape index (κ1) is 30.9. The van der Waals surface area contributed by atoms with Gasteiger partial charge in [-0.25, -0.2) is 4.79 Å². The van der Waals surface area contributed by atoms with Crippen molar-refractivity contribution in [2.24, 2.45) is 22.2 Å². The maximum absolute atomic E-state index is 12.8. The molecule has 0 aromatic heterocycles. The van der Waals surface area contributed by atoms with Gasteiger partial charge in [-0.15, -0.1) is 0 Å². The summed E-state index contributed by atoms with van der Waals surface area (Å²) in [5.41, 5.74) is 16.3. The molecule has 0 aliphatic rings. The number of carbonyl (C=O) groups excluding carboxylic acids is 3. The van der Waals surface area contributed by atoms with E-state index < -0.39 is 66.9 Å². The first-order chi connectivity index (χ1) is 15.9. The van der Waals surface area contributed by atoms with Gasteiger partial charge < -0.3 is 48.5 Å². The molecule has 4 unspecified atom stereocenters. The second kappa shape index (κ2) is 16.5. The summed E-state index contributed by atoms with van der Waals surface area (Å²) in [6, 6.07) is -5.50. The van der Waals surface area contributed by atoms with E-state index in [9.17, 15) is 24.0 Å². The van der Waals surface area contributed by atoms with Crippen LogP contribution in [-0.2, 0) is 24.0 Å². The van der Waals surface area contributed by atoms with Crippen molar-refractivity contribution >= 4 is 47.4 Å². The summed E-state index contributed by atoms with van der Waals surface area (Å²) in [6.07, 6.45) is 1.58. The molecule has 194 valence electrons. The van der Waals surface area contributed by atoms with E-state index in [1.165, 1.54) is 11.8 Å². The summed E-state index contributed by atoms with van der Waals surface area (Å²) in [7, 11) is 0. The Morgan fingerprint density at radius 2 is 1.47 bits per heavy atom. The number of aliphatic imine (C=N–C) groups is 1. The number of nitrogens with zero attached hydrogens (tertiary/aromatic N) is 1. The molecule has 0 spiro atoms. The van der Waals surface area contributed by atoms with Gasteiger partial charge in [-0.2, -0.15) is 11.8 Å². The standard InChI is InChI=1S/C18H33N7O8S/c1-34-6-4-9(19)14(29)23-10(3-2-5-22-18(20)21)15(30)24-11(7-13(27)28)16(31)25-12(8-26)17(32)33/h9-12,26H,2-8,19H2,1H3,(H,23,29)(H,24,30)(H,25,31)(H,27,28)(H,32,33)(H4,20,21,22). The molecule has 0 saturated carbocycles. The molecule has 0 heterocycles. The van der Waals surface area contributed by atoms with E-state index in [0.29, 0.717) is 12.2 Å². The van der Waals surface area contributed by atoms with Crippen LogP contribution in [0.5, 0.6) is 0 Å². The molecule has 0 aliphatic heterocycles. The Morgan fingerprint density at radius 1 is 0.912 bits per heavy atom. The number of thioether (sulfide) groups is 1. The maximum Gasteiger partial charge on any atom is 0.328 e. The van der Waals surface area contributed by atoms with Crippen LogP contribution in [0.4, 0.5) is 0 Å². The zero-order valence-electron chi connectivity index (χ0n) is 18.7. The van der Waals surface area contributed by atoms with Crippen LogP contribution in [0, 0.1) is 0 Å². The second-order valence-corrected chi connectivity index (χ2v) is 8.12. The smallest absolute Gasteiger partial charge is 0.328 e. The van der Waals surface area contributed by atoms with Gasteiger partial charge in [0.2, 0.25) is 17.7 Å². The van der Waals surface area contributed by atoms with Crippen LogP contribution in [0.15, 0.2) is 4.99 Å². The molecule has 15 nitrogen and oxygen atoms in total. The molecule has 0 radical (unpaired) electrons. The lowest BCUT2D eigenvalue weighted by atomic mass is 10.1. The van der Waals surface area contributed by atoms with E-state index in [2.05, 4.69) is 15.6 Å². The van der Waals surface area contributed by atoms with Crippen LogP contribution in [0.25, 0.3) is 0 Å². The molecular formula is C18H33N7O8S. The van der Waals surface area contributed by atoms with Crippen molar-refractivity contribution < 1.29 is 39.3 Å². The lowest BCUT2D eigenvalue weighted by molar-refractivity contribution is -0.144. The number of aliphatic carboxylic acids is 2. The number of amides is 3. The Bertz CT molecular complexity index is 748. The first-order valence-electron chi connectivity index (χ1n) is 10.2. The number of hydrogen-bond acceptors (Lipinski definition) is 9. The van der Waals surface area contributed by atoms with Crippen molar-refractivity contribution in [2.75, 3.05) is 25.2 Å². The second-order valence-electron chi connectivity index (χ2n) is 7.14. The zero-order valence-corrected chi connectivity index (χ0v) is 19.5. The quantitative estimate of drug-likeness (QED) is 0.0519. The summed E-state index contributed by atoms with van der Waals surface area (Å²) >= 11 is 1.48. The summed E-state index contributed by atoms with van der Waals surface area (Å²) < 4.78 is 0. The average Bonchev–Trinajstić information content (AvgIpc) is 2.75. The number of nitrogens with two attached hydrogens (primary N) is 3. The molecule has 16 heteroatoms. The number of carboxylic acids is 2. The number of aliphatic hydroxyl groups excluding tert-OH is 1. The number of carbonyl (C=O) groups is 5. The minimum Gasteiger partial charge on any atom is -0.481 e. The van der Waals surface area contributed by atoms with Crippen LogP contribution in [0.1, 0.15) is 25.7 Å². The highest BCUT2D eigenvalue weighted by Crippen LogP contribution is 2.04. The number of rotatable bonds is 17. The van der Waals surface area contributed by atoms with Crippen molar-refractivity contribution in [1.29, 1.82) is 0 Å². The Balaban J connectivity index is 5.50. The maximum atomic E-state index is 12.8. The monoisotopic (exact) mass is 507 g/mol. The lowest BCUT2D eigenvalue weighted by Crippen LogP contribution is -2.57. The van der Waals surface area contributed by atoms with Gasteiger partial charge in [-0.05, 0) is 31.3 Å². The van der Waals surface area contributed by atoms with Gasteiger partial charge in [0.15, 0.2) is 5.96 Å². The topological polar surface area (TPSA) is 273 Å². The third kappa shape index (κ3) is 12.8. The molecular weight excluding hydrogens is 474 g/mol. The van der Waals surface area contributed by atoms with Crippen molar-refractivity contribution in [3.8, 4) is 0 Å². The fourth-order valence-electron chi connectivity index (χ4n) is 2.54. The number of hydrogen-bond donors (Lipinski definition) is 9. The van der Waals surface area contributed by atoms with Crippen LogP contribution in [0.3, 0.4) is 0 Å². The molecule has 3 amide bonds. The average molecular weight is 508 g/mol. The molecule has 0 rings (SSSR count). The number of nitrogens with one attached hydrogen (secondary N) is 3. The molecule has 0 aliphatic carbocycles. The summed E-state index contributed by atoms with van der Waals surface area (Å²) in [6.45, 7) is -0.817. The Kier molecular flexibility index (Phi) is 15.0. The predicted molar refractivity (Wildman–Crippen MR) is 124 cm³/mol. The van der Waals surface area contributed by atoms with Crippen LogP contribution < -0.4 is 33.2 Å². The Hall–Kier alpha value is -3.11. The SMILES string of the molecule is CSCCC(N)C(=O)NC(CCCN=C(N)N)C(=O)NC(CC(=O)O)C(=O)NC(CO)C(=O)O. The van der Waals surface area contributed by atoms with Crippen LogP contribution in [0.2, 0.25) is 0 Å². The van der Waals surface area contributed by atoms with E-state index in [1.807, 2.05) is 11.6 Å². The molecule has 0 fully saturated rings. The summed E-state index contributed by atoms with van der Waals surface area (Å²) in [4.78, 5) is 63.6. The molecule has 0 aromatic carbocycles. The van der Waals surface area contributed by atoms with Crippen LogP contribution in [-0.4, -0.2) is 100 Å². The van der Waals surface area contributed by atoms with E-state index in [1.54, 1.807) is 0 Å².